The van der Waals surface area contributed by atoms with Gasteiger partial charge >= 0.3 is 0 Å². The molecule has 0 N–H and O–H groups in total. The smallest absolute Gasteiger partial charge is 0.186 e. The highest BCUT2D eigenvalue weighted by atomic mass is 32.1. The minimum absolute atomic E-state index is 0.218. The summed E-state index contributed by atoms with van der Waals surface area (Å²) in [6.07, 6.45) is 0.999. The fourth-order valence-electron chi connectivity index (χ4n) is 1.91. The van der Waals surface area contributed by atoms with E-state index >= 15 is 0 Å². The van der Waals surface area contributed by atoms with Crippen LogP contribution >= 0.6 is 22.7 Å². The van der Waals surface area contributed by atoms with Crippen molar-refractivity contribution >= 4 is 28.5 Å². The number of aryl methyl sites for hydroxylation is 1. The van der Waals surface area contributed by atoms with Crippen molar-refractivity contribution < 1.29 is 4.79 Å². The van der Waals surface area contributed by atoms with Gasteiger partial charge < -0.3 is 0 Å². The Hall–Kier alpha value is -0.970. The highest BCUT2D eigenvalue weighted by Gasteiger charge is 2.17. The lowest BCUT2D eigenvalue weighted by Gasteiger charge is -2.22. The van der Waals surface area contributed by atoms with Gasteiger partial charge in [0.2, 0.25) is 0 Å². The molecule has 0 saturated heterocycles. The van der Waals surface area contributed by atoms with E-state index < -0.39 is 0 Å². The molecule has 2 rings (SSSR count). The monoisotopic (exact) mass is 293 g/mol. The van der Waals surface area contributed by atoms with E-state index in [0.717, 1.165) is 11.3 Å². The third-order valence-corrected chi connectivity index (χ3v) is 5.61. The summed E-state index contributed by atoms with van der Waals surface area (Å²) in [5.41, 5.74) is 0. The summed E-state index contributed by atoms with van der Waals surface area (Å²) >= 11 is 3.36. The third kappa shape index (κ3) is 3.53. The molecule has 0 aromatic carbocycles. The number of thiophene rings is 2. The number of carbonyl (C=O) groups is 1. The largest absolute Gasteiger partial charge is 0.292 e. The summed E-state index contributed by atoms with van der Waals surface area (Å²) in [6.45, 7) is 4.73. The zero-order valence-electron chi connectivity index (χ0n) is 11.6. The van der Waals surface area contributed by atoms with Crippen molar-refractivity contribution in [3.63, 3.8) is 0 Å². The van der Waals surface area contributed by atoms with Gasteiger partial charge in [-0.3, -0.25) is 9.69 Å². The molecule has 0 saturated carbocycles. The van der Waals surface area contributed by atoms with Crippen molar-refractivity contribution in [3.8, 4) is 0 Å². The van der Waals surface area contributed by atoms with Crippen LogP contribution in [0.25, 0.3) is 0 Å². The van der Waals surface area contributed by atoms with E-state index in [-0.39, 0.29) is 11.8 Å². The lowest BCUT2D eigenvalue weighted by Crippen LogP contribution is -2.28. The maximum absolute atomic E-state index is 12.2. The van der Waals surface area contributed by atoms with Gasteiger partial charge in [0, 0.05) is 15.8 Å². The molecule has 2 heterocycles. The van der Waals surface area contributed by atoms with Crippen LogP contribution in [0.1, 0.15) is 39.3 Å². The number of likely N-dealkylation sites (N-methyl/N-ethyl adjacent to an activating group) is 1. The highest BCUT2D eigenvalue weighted by Crippen LogP contribution is 2.24. The van der Waals surface area contributed by atoms with Gasteiger partial charge in [0.15, 0.2) is 5.78 Å². The van der Waals surface area contributed by atoms with Crippen LogP contribution in [0.5, 0.6) is 0 Å². The lowest BCUT2D eigenvalue weighted by molar-refractivity contribution is 0.0930. The van der Waals surface area contributed by atoms with Crippen LogP contribution in [-0.4, -0.2) is 24.3 Å². The van der Waals surface area contributed by atoms with Gasteiger partial charge in [-0.1, -0.05) is 13.0 Å². The van der Waals surface area contributed by atoms with E-state index in [1.54, 1.807) is 22.7 Å². The summed E-state index contributed by atoms with van der Waals surface area (Å²) in [6, 6.07) is 8.47. The molecule has 102 valence electrons. The average molecular weight is 293 g/mol. The molecule has 2 aromatic rings. The molecule has 0 spiro atoms. The summed E-state index contributed by atoms with van der Waals surface area (Å²) in [5.74, 6) is 0.218. The molecule has 0 amide bonds. The minimum Gasteiger partial charge on any atom is -0.292 e. The second kappa shape index (κ2) is 6.46. The summed E-state index contributed by atoms with van der Waals surface area (Å²) in [5, 5.41) is 2.08. The van der Waals surface area contributed by atoms with E-state index in [1.165, 1.54) is 9.75 Å². The molecule has 0 aliphatic carbocycles. The van der Waals surface area contributed by atoms with Gasteiger partial charge in [0.1, 0.15) is 0 Å². The van der Waals surface area contributed by atoms with Gasteiger partial charge in [-0.25, -0.2) is 0 Å². The fourth-order valence-corrected chi connectivity index (χ4v) is 3.63. The van der Waals surface area contributed by atoms with Gasteiger partial charge in [0.05, 0.1) is 11.4 Å². The zero-order valence-corrected chi connectivity index (χ0v) is 13.2. The first-order chi connectivity index (χ1) is 9.11. The Morgan fingerprint density at radius 3 is 2.74 bits per heavy atom. The molecular weight excluding hydrogens is 274 g/mol. The van der Waals surface area contributed by atoms with Crippen LogP contribution in [-0.2, 0) is 6.42 Å². The van der Waals surface area contributed by atoms with Crippen LogP contribution in [0.4, 0.5) is 0 Å². The van der Waals surface area contributed by atoms with Crippen molar-refractivity contribution in [2.75, 3.05) is 13.6 Å². The number of rotatable bonds is 6. The minimum atomic E-state index is 0.218. The first-order valence-corrected chi connectivity index (χ1v) is 8.17. The third-order valence-electron chi connectivity index (χ3n) is 3.29. The molecule has 1 atom stereocenters. The molecule has 2 aromatic heterocycles. The molecule has 0 aliphatic heterocycles. The molecule has 0 fully saturated rings. The molecule has 4 heteroatoms. The van der Waals surface area contributed by atoms with Crippen molar-refractivity contribution in [1.82, 2.24) is 4.90 Å². The molecule has 1 unspecified atom stereocenters. The Labute approximate surface area is 122 Å². The molecule has 0 aliphatic rings. The van der Waals surface area contributed by atoms with E-state index in [4.69, 9.17) is 0 Å². The summed E-state index contributed by atoms with van der Waals surface area (Å²) < 4.78 is 0. The van der Waals surface area contributed by atoms with Gasteiger partial charge in [0.25, 0.3) is 0 Å². The zero-order chi connectivity index (χ0) is 13.8. The van der Waals surface area contributed by atoms with Crippen LogP contribution < -0.4 is 0 Å². The number of hydrogen-bond donors (Lipinski definition) is 0. The normalized spacial score (nSPS) is 12.8. The Morgan fingerprint density at radius 1 is 1.37 bits per heavy atom. The predicted molar refractivity (Wildman–Crippen MR) is 83.4 cm³/mol. The fraction of sp³-hybridized carbons (Fsp3) is 0.400. The number of carbonyl (C=O) groups excluding carboxylic acids is 1. The lowest BCUT2D eigenvalue weighted by atomic mass is 10.2. The van der Waals surface area contributed by atoms with E-state index in [2.05, 4.69) is 42.3 Å². The van der Waals surface area contributed by atoms with Crippen molar-refractivity contribution in [3.05, 3.63) is 44.3 Å². The van der Waals surface area contributed by atoms with Crippen LogP contribution in [0, 0.1) is 0 Å². The van der Waals surface area contributed by atoms with Crippen LogP contribution in [0.2, 0.25) is 0 Å². The topological polar surface area (TPSA) is 20.3 Å². The second-order valence-electron chi connectivity index (χ2n) is 4.65. The van der Waals surface area contributed by atoms with Crippen LogP contribution in [0.3, 0.4) is 0 Å². The summed E-state index contributed by atoms with van der Waals surface area (Å²) in [7, 11) is 2.01. The van der Waals surface area contributed by atoms with E-state index in [1.807, 2.05) is 13.1 Å². The molecule has 19 heavy (non-hydrogen) atoms. The first-order valence-electron chi connectivity index (χ1n) is 6.47. The standard InChI is InChI=1S/C15H19NOS2/c1-4-12-7-8-15(19-12)13(17)10-16(3)11(2)14-6-5-9-18-14/h5-9,11H,4,10H2,1-3H3. The van der Waals surface area contributed by atoms with Crippen molar-refractivity contribution in [1.29, 1.82) is 0 Å². The van der Waals surface area contributed by atoms with E-state index in [9.17, 15) is 4.79 Å². The number of ketones is 1. The quantitative estimate of drug-likeness (QED) is 0.742. The second-order valence-corrected chi connectivity index (χ2v) is 6.80. The Kier molecular flexibility index (Phi) is 4.91. The Bertz CT molecular complexity index is 530. The Balaban J connectivity index is 1.98. The average Bonchev–Trinajstić information content (AvgIpc) is 3.08. The summed E-state index contributed by atoms with van der Waals surface area (Å²) in [4.78, 5) is 17.8. The molecule has 2 nitrogen and oxygen atoms in total. The van der Waals surface area contributed by atoms with Crippen molar-refractivity contribution in [2.24, 2.45) is 0 Å². The highest BCUT2D eigenvalue weighted by molar-refractivity contribution is 7.14. The Morgan fingerprint density at radius 2 is 2.16 bits per heavy atom. The SMILES string of the molecule is CCc1ccc(C(=O)CN(C)C(C)c2cccs2)s1. The number of Topliss-reactive ketones (excluding diaryl/α,β-unsaturated/α-hetero) is 1. The number of nitrogens with zero attached hydrogens (tertiary/aromatic N) is 1. The molecule has 0 bridgehead atoms. The van der Waals surface area contributed by atoms with Gasteiger partial charge in [-0.05, 0) is 44.0 Å². The first kappa shape index (κ1) is 14.4. The predicted octanol–water partition coefficient (Wildman–Crippen LogP) is 4.25. The number of hydrogen-bond acceptors (Lipinski definition) is 4. The molecule has 0 radical (unpaired) electrons. The van der Waals surface area contributed by atoms with E-state index in [0.29, 0.717) is 6.54 Å². The van der Waals surface area contributed by atoms with Crippen molar-refractivity contribution in [2.45, 2.75) is 26.3 Å². The molecular formula is C15H19NOS2. The van der Waals surface area contributed by atoms with Crippen LogP contribution in [0.15, 0.2) is 29.6 Å². The van der Waals surface area contributed by atoms with Gasteiger partial charge in [-0.15, -0.1) is 22.7 Å². The van der Waals surface area contributed by atoms with Gasteiger partial charge in [-0.2, -0.15) is 0 Å². The maximum atomic E-state index is 12.2. The maximum Gasteiger partial charge on any atom is 0.186 e.